The molecule has 2 aromatic rings. The molecule has 5 nitrogen and oxygen atoms in total. The van der Waals surface area contributed by atoms with E-state index in [2.05, 4.69) is 16.5 Å². The minimum absolute atomic E-state index is 0.135. The van der Waals surface area contributed by atoms with Gasteiger partial charge in [-0.05, 0) is 76.5 Å². The van der Waals surface area contributed by atoms with Crippen LogP contribution in [0.25, 0.3) is 5.69 Å². The third-order valence-corrected chi connectivity index (χ3v) is 4.67. The van der Waals surface area contributed by atoms with Crippen LogP contribution in [0.3, 0.4) is 0 Å². The number of likely N-dealkylation sites (tertiary alicyclic amines) is 1. The van der Waals surface area contributed by atoms with E-state index in [0.29, 0.717) is 5.92 Å². The first-order valence-corrected chi connectivity index (χ1v) is 8.66. The third kappa shape index (κ3) is 3.51. The first-order valence-electron chi connectivity index (χ1n) is 8.66. The molecule has 0 unspecified atom stereocenters. The van der Waals surface area contributed by atoms with Gasteiger partial charge in [0, 0.05) is 24.3 Å². The Morgan fingerprint density at radius 1 is 1.29 bits per heavy atom. The lowest BCUT2D eigenvalue weighted by molar-refractivity contribution is 0.0674. The number of carbonyl (C=O) groups excluding carboxylic acids is 1. The lowest BCUT2D eigenvalue weighted by Gasteiger charge is -2.32. The standard InChI is InChI=1S/C19H26N4O/c1-14-11-15(2)23(21-14)18-8-6-17(7-9-18)19(24)22-10-4-5-16(13-22)12-20-3/h6-9,11,16,20H,4-5,10,12-13H2,1-3H3/t16-/m0/s1. The van der Waals surface area contributed by atoms with Crippen LogP contribution >= 0.6 is 0 Å². The second-order valence-electron chi connectivity index (χ2n) is 6.70. The van der Waals surface area contributed by atoms with Gasteiger partial charge in [0.1, 0.15) is 0 Å². The molecule has 1 aliphatic heterocycles. The molecule has 1 aromatic heterocycles. The molecule has 1 atom stereocenters. The van der Waals surface area contributed by atoms with E-state index in [1.165, 1.54) is 6.42 Å². The van der Waals surface area contributed by atoms with Crippen LogP contribution < -0.4 is 5.32 Å². The highest BCUT2D eigenvalue weighted by molar-refractivity contribution is 5.94. The van der Waals surface area contributed by atoms with Crippen molar-refractivity contribution in [1.82, 2.24) is 20.0 Å². The van der Waals surface area contributed by atoms with E-state index in [0.717, 1.165) is 48.7 Å². The lowest BCUT2D eigenvalue weighted by Crippen LogP contribution is -2.42. The zero-order valence-corrected chi connectivity index (χ0v) is 14.7. The summed E-state index contributed by atoms with van der Waals surface area (Å²) in [5.74, 6) is 0.692. The smallest absolute Gasteiger partial charge is 0.253 e. The molecule has 128 valence electrons. The van der Waals surface area contributed by atoms with E-state index in [1.54, 1.807) is 0 Å². The number of benzene rings is 1. The van der Waals surface area contributed by atoms with Gasteiger partial charge < -0.3 is 10.2 Å². The van der Waals surface area contributed by atoms with E-state index >= 15 is 0 Å². The van der Waals surface area contributed by atoms with E-state index in [-0.39, 0.29) is 5.91 Å². The van der Waals surface area contributed by atoms with Gasteiger partial charge in [-0.25, -0.2) is 4.68 Å². The van der Waals surface area contributed by atoms with Crippen LogP contribution in [0.2, 0.25) is 0 Å². The summed E-state index contributed by atoms with van der Waals surface area (Å²) >= 11 is 0. The van der Waals surface area contributed by atoms with Crippen LogP contribution in [0.1, 0.15) is 34.6 Å². The number of amides is 1. The Bertz CT molecular complexity index is 703. The number of aryl methyl sites for hydroxylation is 2. The van der Waals surface area contributed by atoms with E-state index in [1.807, 2.05) is 54.7 Å². The van der Waals surface area contributed by atoms with Crippen molar-refractivity contribution >= 4 is 5.91 Å². The highest BCUT2D eigenvalue weighted by atomic mass is 16.2. The van der Waals surface area contributed by atoms with Gasteiger partial charge in [-0.2, -0.15) is 5.10 Å². The van der Waals surface area contributed by atoms with E-state index < -0.39 is 0 Å². The van der Waals surface area contributed by atoms with E-state index in [9.17, 15) is 4.79 Å². The van der Waals surface area contributed by atoms with Crippen LogP contribution in [0, 0.1) is 19.8 Å². The summed E-state index contributed by atoms with van der Waals surface area (Å²) in [5.41, 5.74) is 3.84. The predicted molar refractivity (Wildman–Crippen MR) is 95.6 cm³/mol. The summed E-state index contributed by atoms with van der Waals surface area (Å²) in [7, 11) is 1.97. The summed E-state index contributed by atoms with van der Waals surface area (Å²) in [6.45, 7) is 6.70. The maximum absolute atomic E-state index is 12.8. The number of piperidine rings is 1. The average Bonchev–Trinajstić information content (AvgIpc) is 2.93. The highest BCUT2D eigenvalue weighted by Gasteiger charge is 2.24. The minimum atomic E-state index is 0.135. The minimum Gasteiger partial charge on any atom is -0.338 e. The fourth-order valence-corrected chi connectivity index (χ4v) is 3.52. The number of nitrogens with one attached hydrogen (secondary N) is 1. The Morgan fingerprint density at radius 2 is 2.04 bits per heavy atom. The molecular weight excluding hydrogens is 300 g/mol. The lowest BCUT2D eigenvalue weighted by atomic mass is 9.97. The summed E-state index contributed by atoms with van der Waals surface area (Å²) in [6.07, 6.45) is 2.28. The van der Waals surface area contributed by atoms with Gasteiger partial charge in [-0.1, -0.05) is 0 Å². The van der Waals surface area contributed by atoms with Crippen molar-refractivity contribution in [2.75, 3.05) is 26.7 Å². The molecule has 1 aromatic carbocycles. The largest absolute Gasteiger partial charge is 0.338 e. The molecule has 3 rings (SSSR count). The molecule has 5 heteroatoms. The Kier molecular flexibility index (Phi) is 5.00. The van der Waals surface area contributed by atoms with Gasteiger partial charge >= 0.3 is 0 Å². The number of carbonyl (C=O) groups is 1. The molecule has 1 aliphatic rings. The van der Waals surface area contributed by atoms with Crippen LogP contribution in [0.15, 0.2) is 30.3 Å². The van der Waals surface area contributed by atoms with Crippen molar-refractivity contribution in [3.63, 3.8) is 0 Å². The van der Waals surface area contributed by atoms with Gasteiger partial charge in [0.15, 0.2) is 0 Å². The van der Waals surface area contributed by atoms with Crippen molar-refractivity contribution in [2.45, 2.75) is 26.7 Å². The Balaban J connectivity index is 1.73. The van der Waals surface area contributed by atoms with Crippen LogP contribution in [-0.4, -0.2) is 47.3 Å². The summed E-state index contributed by atoms with van der Waals surface area (Å²) in [6, 6.07) is 9.82. The van der Waals surface area contributed by atoms with Crippen molar-refractivity contribution in [1.29, 1.82) is 0 Å². The highest BCUT2D eigenvalue weighted by Crippen LogP contribution is 2.19. The fraction of sp³-hybridized carbons (Fsp3) is 0.474. The fourth-order valence-electron chi connectivity index (χ4n) is 3.52. The zero-order valence-electron chi connectivity index (χ0n) is 14.7. The molecule has 0 radical (unpaired) electrons. The summed E-state index contributed by atoms with van der Waals surface area (Å²) in [5, 5.41) is 7.71. The van der Waals surface area contributed by atoms with E-state index in [4.69, 9.17) is 0 Å². The third-order valence-electron chi connectivity index (χ3n) is 4.67. The van der Waals surface area contributed by atoms with Gasteiger partial charge in [0.05, 0.1) is 11.4 Å². The first kappa shape index (κ1) is 16.7. The molecule has 0 spiro atoms. The van der Waals surface area contributed by atoms with Gasteiger partial charge in [-0.3, -0.25) is 4.79 Å². The topological polar surface area (TPSA) is 50.2 Å². The van der Waals surface area contributed by atoms with Crippen LogP contribution in [0.4, 0.5) is 0 Å². The molecule has 0 saturated carbocycles. The Labute approximate surface area is 143 Å². The molecule has 1 fully saturated rings. The molecule has 1 N–H and O–H groups in total. The molecule has 2 heterocycles. The SMILES string of the molecule is CNC[C@@H]1CCCN(C(=O)c2ccc(-n3nc(C)cc3C)cc2)C1. The second kappa shape index (κ2) is 7.18. The van der Waals surface area contributed by atoms with Gasteiger partial charge in [-0.15, -0.1) is 0 Å². The molecular formula is C19H26N4O. The van der Waals surface area contributed by atoms with Crippen molar-refractivity contribution in [3.05, 3.63) is 47.3 Å². The average molecular weight is 326 g/mol. The monoisotopic (exact) mass is 326 g/mol. The number of nitrogens with zero attached hydrogens (tertiary/aromatic N) is 3. The number of rotatable bonds is 4. The van der Waals surface area contributed by atoms with Crippen LogP contribution in [-0.2, 0) is 0 Å². The van der Waals surface area contributed by atoms with Crippen molar-refractivity contribution in [2.24, 2.45) is 5.92 Å². The number of aromatic nitrogens is 2. The number of hydrogen-bond donors (Lipinski definition) is 1. The molecule has 0 bridgehead atoms. The van der Waals surface area contributed by atoms with Crippen molar-refractivity contribution < 1.29 is 4.79 Å². The van der Waals surface area contributed by atoms with Gasteiger partial charge in [0.2, 0.25) is 0 Å². The number of hydrogen-bond acceptors (Lipinski definition) is 3. The maximum Gasteiger partial charge on any atom is 0.253 e. The molecule has 1 saturated heterocycles. The predicted octanol–water partition coefficient (Wildman–Crippen LogP) is 2.56. The quantitative estimate of drug-likeness (QED) is 0.939. The maximum atomic E-state index is 12.8. The normalized spacial score (nSPS) is 18.0. The van der Waals surface area contributed by atoms with Crippen LogP contribution in [0.5, 0.6) is 0 Å². The second-order valence-corrected chi connectivity index (χ2v) is 6.70. The molecule has 0 aliphatic carbocycles. The summed E-state index contributed by atoms with van der Waals surface area (Å²) in [4.78, 5) is 14.7. The Morgan fingerprint density at radius 3 is 2.67 bits per heavy atom. The molecule has 1 amide bonds. The summed E-state index contributed by atoms with van der Waals surface area (Å²) < 4.78 is 1.91. The zero-order chi connectivity index (χ0) is 17.1. The Hall–Kier alpha value is -2.14. The van der Waals surface area contributed by atoms with Gasteiger partial charge in [0.25, 0.3) is 5.91 Å². The first-order chi connectivity index (χ1) is 11.6. The van der Waals surface area contributed by atoms with Crippen molar-refractivity contribution in [3.8, 4) is 5.69 Å². The molecule has 24 heavy (non-hydrogen) atoms.